The zero-order valence-corrected chi connectivity index (χ0v) is 13.9. The molecule has 0 aliphatic carbocycles. The summed E-state index contributed by atoms with van der Waals surface area (Å²) in [7, 11) is 1.26. The van der Waals surface area contributed by atoms with Crippen LogP contribution in [0.3, 0.4) is 0 Å². The van der Waals surface area contributed by atoms with E-state index in [1.807, 2.05) is 37.3 Å². The van der Waals surface area contributed by atoms with Crippen LogP contribution < -0.4 is 10.6 Å². The fourth-order valence-corrected chi connectivity index (χ4v) is 2.02. The Bertz CT molecular complexity index is 849. The average Bonchev–Trinajstić information content (AvgIpc) is 2.63. The predicted octanol–water partition coefficient (Wildman–Crippen LogP) is 3.24. The number of anilines is 2. The molecule has 0 aliphatic rings. The smallest absolute Gasteiger partial charge is 0.339 e. The first-order valence-corrected chi connectivity index (χ1v) is 7.47. The molecule has 0 aliphatic heterocycles. The standard InChI is InChI=1S/C19H17N3O3/c1-13-7-9-15(10-8-13)21-12-14(11-20)18(23)22-17-6-4-3-5-16(17)19(24)25-2/h3-10,12,21H,1-2H3,(H,22,23)/b14-12-. The van der Waals surface area contributed by atoms with Crippen molar-refractivity contribution in [3.8, 4) is 6.07 Å². The molecule has 2 aromatic rings. The molecular weight excluding hydrogens is 318 g/mol. The summed E-state index contributed by atoms with van der Waals surface area (Å²) in [5.74, 6) is -1.20. The molecule has 2 aromatic carbocycles. The van der Waals surface area contributed by atoms with Crippen molar-refractivity contribution in [3.63, 3.8) is 0 Å². The number of carbonyl (C=O) groups excluding carboxylic acids is 2. The van der Waals surface area contributed by atoms with Crippen LogP contribution in [-0.2, 0) is 9.53 Å². The van der Waals surface area contributed by atoms with Gasteiger partial charge in [-0.2, -0.15) is 5.26 Å². The van der Waals surface area contributed by atoms with Crippen molar-refractivity contribution >= 4 is 23.3 Å². The fourth-order valence-electron chi connectivity index (χ4n) is 2.02. The summed E-state index contributed by atoms with van der Waals surface area (Å²) in [6.45, 7) is 1.96. The van der Waals surface area contributed by atoms with Gasteiger partial charge in [0.2, 0.25) is 0 Å². The van der Waals surface area contributed by atoms with Gasteiger partial charge in [-0.15, -0.1) is 0 Å². The molecule has 0 atom stereocenters. The molecular formula is C19H17N3O3. The van der Waals surface area contributed by atoms with Gasteiger partial charge in [0.25, 0.3) is 5.91 Å². The fraction of sp³-hybridized carbons (Fsp3) is 0.105. The first-order chi connectivity index (χ1) is 12.0. The number of hydrogen-bond acceptors (Lipinski definition) is 5. The number of hydrogen-bond donors (Lipinski definition) is 2. The lowest BCUT2D eigenvalue weighted by Crippen LogP contribution is -2.17. The van der Waals surface area contributed by atoms with E-state index in [4.69, 9.17) is 0 Å². The first kappa shape index (κ1) is 17.8. The minimum absolute atomic E-state index is 0.125. The monoisotopic (exact) mass is 335 g/mol. The van der Waals surface area contributed by atoms with Gasteiger partial charge in [-0.05, 0) is 31.2 Å². The molecule has 25 heavy (non-hydrogen) atoms. The lowest BCUT2D eigenvalue weighted by atomic mass is 10.1. The normalized spacial score (nSPS) is 10.5. The number of carbonyl (C=O) groups is 2. The number of nitriles is 1. The quantitative estimate of drug-likeness (QED) is 0.497. The van der Waals surface area contributed by atoms with Gasteiger partial charge in [0.05, 0.1) is 18.4 Å². The van der Waals surface area contributed by atoms with E-state index in [0.717, 1.165) is 11.3 Å². The Kier molecular flexibility index (Phi) is 5.91. The van der Waals surface area contributed by atoms with Gasteiger partial charge in [0.15, 0.2) is 0 Å². The maximum Gasteiger partial charge on any atom is 0.339 e. The van der Waals surface area contributed by atoms with Crippen LogP contribution in [0, 0.1) is 18.3 Å². The summed E-state index contributed by atoms with van der Waals surface area (Å²) in [4.78, 5) is 24.0. The topological polar surface area (TPSA) is 91.2 Å². The zero-order chi connectivity index (χ0) is 18.2. The highest BCUT2D eigenvalue weighted by molar-refractivity contribution is 6.09. The highest BCUT2D eigenvalue weighted by Crippen LogP contribution is 2.17. The molecule has 0 saturated heterocycles. The van der Waals surface area contributed by atoms with Crippen molar-refractivity contribution in [2.75, 3.05) is 17.7 Å². The Labute approximate surface area is 145 Å². The van der Waals surface area contributed by atoms with Crippen LogP contribution in [0.1, 0.15) is 15.9 Å². The molecule has 2 N–H and O–H groups in total. The minimum atomic E-state index is -0.626. The SMILES string of the molecule is COC(=O)c1ccccc1NC(=O)/C(C#N)=C\Nc1ccc(C)cc1. The Morgan fingerprint density at radius 1 is 1.12 bits per heavy atom. The van der Waals surface area contributed by atoms with E-state index in [0.29, 0.717) is 0 Å². The van der Waals surface area contributed by atoms with E-state index < -0.39 is 11.9 Å². The largest absolute Gasteiger partial charge is 0.465 e. The predicted molar refractivity (Wildman–Crippen MR) is 94.9 cm³/mol. The number of nitrogens with one attached hydrogen (secondary N) is 2. The third-order valence-corrected chi connectivity index (χ3v) is 3.38. The van der Waals surface area contributed by atoms with Crippen LogP contribution >= 0.6 is 0 Å². The van der Waals surface area contributed by atoms with Crippen LogP contribution in [0.2, 0.25) is 0 Å². The Hall–Kier alpha value is -3.59. The van der Waals surface area contributed by atoms with Crippen molar-refractivity contribution in [1.82, 2.24) is 0 Å². The van der Waals surface area contributed by atoms with Crippen LogP contribution in [0.5, 0.6) is 0 Å². The number of ether oxygens (including phenoxy) is 1. The van der Waals surface area contributed by atoms with Crippen molar-refractivity contribution in [1.29, 1.82) is 5.26 Å². The van der Waals surface area contributed by atoms with Crippen LogP contribution in [0.15, 0.2) is 60.3 Å². The Morgan fingerprint density at radius 3 is 2.44 bits per heavy atom. The van der Waals surface area contributed by atoms with Crippen LogP contribution in [-0.4, -0.2) is 19.0 Å². The Morgan fingerprint density at radius 2 is 1.80 bits per heavy atom. The molecule has 6 nitrogen and oxygen atoms in total. The second-order valence-corrected chi connectivity index (χ2v) is 5.17. The van der Waals surface area contributed by atoms with E-state index in [9.17, 15) is 14.9 Å². The highest BCUT2D eigenvalue weighted by Gasteiger charge is 2.15. The van der Waals surface area contributed by atoms with Gasteiger partial charge in [0.1, 0.15) is 11.6 Å². The third-order valence-electron chi connectivity index (χ3n) is 3.38. The second-order valence-electron chi connectivity index (χ2n) is 5.17. The summed E-state index contributed by atoms with van der Waals surface area (Å²) >= 11 is 0. The van der Waals surface area contributed by atoms with Gasteiger partial charge < -0.3 is 15.4 Å². The van der Waals surface area contributed by atoms with Gasteiger partial charge >= 0.3 is 5.97 Å². The molecule has 0 spiro atoms. The summed E-state index contributed by atoms with van der Waals surface area (Å²) in [6, 6.07) is 15.8. The van der Waals surface area contributed by atoms with E-state index >= 15 is 0 Å². The Balaban J connectivity index is 2.15. The molecule has 6 heteroatoms. The molecule has 0 aromatic heterocycles. The number of esters is 1. The number of para-hydroxylation sites is 1. The van der Waals surface area contributed by atoms with Crippen molar-refractivity contribution < 1.29 is 14.3 Å². The number of benzene rings is 2. The molecule has 2 rings (SSSR count). The summed E-state index contributed by atoms with van der Waals surface area (Å²) < 4.78 is 4.68. The summed E-state index contributed by atoms with van der Waals surface area (Å²) in [5, 5.41) is 14.7. The van der Waals surface area contributed by atoms with E-state index in [1.165, 1.54) is 19.4 Å². The average molecular weight is 335 g/mol. The maximum absolute atomic E-state index is 12.3. The highest BCUT2D eigenvalue weighted by atomic mass is 16.5. The van der Waals surface area contributed by atoms with Gasteiger partial charge in [-0.25, -0.2) is 4.79 Å². The van der Waals surface area contributed by atoms with Crippen molar-refractivity contribution in [2.45, 2.75) is 6.92 Å². The van der Waals surface area contributed by atoms with Gasteiger partial charge in [0, 0.05) is 11.9 Å². The first-order valence-electron chi connectivity index (χ1n) is 7.47. The van der Waals surface area contributed by atoms with Gasteiger partial charge in [-0.3, -0.25) is 4.79 Å². The molecule has 0 saturated carbocycles. The minimum Gasteiger partial charge on any atom is -0.465 e. The molecule has 1 amide bonds. The van der Waals surface area contributed by atoms with E-state index in [2.05, 4.69) is 15.4 Å². The maximum atomic E-state index is 12.3. The van der Waals surface area contributed by atoms with Crippen molar-refractivity contribution in [2.24, 2.45) is 0 Å². The lowest BCUT2D eigenvalue weighted by Gasteiger charge is -2.09. The molecule has 0 fully saturated rings. The van der Waals surface area contributed by atoms with Crippen LogP contribution in [0.25, 0.3) is 0 Å². The molecule has 0 bridgehead atoms. The van der Waals surface area contributed by atoms with Gasteiger partial charge in [-0.1, -0.05) is 29.8 Å². The number of methoxy groups -OCH3 is 1. The zero-order valence-electron chi connectivity index (χ0n) is 13.9. The van der Waals surface area contributed by atoms with Crippen LogP contribution in [0.4, 0.5) is 11.4 Å². The molecule has 0 heterocycles. The number of amides is 1. The number of aryl methyl sites for hydroxylation is 1. The van der Waals surface area contributed by atoms with E-state index in [1.54, 1.807) is 18.2 Å². The van der Waals surface area contributed by atoms with Crippen molar-refractivity contribution in [3.05, 3.63) is 71.4 Å². The summed E-state index contributed by atoms with van der Waals surface area (Å²) in [5.41, 5.74) is 2.21. The second kappa shape index (κ2) is 8.31. The number of nitrogens with zero attached hydrogens (tertiary/aromatic N) is 1. The molecule has 0 radical (unpaired) electrons. The molecule has 126 valence electrons. The lowest BCUT2D eigenvalue weighted by molar-refractivity contribution is -0.112. The number of rotatable bonds is 5. The summed E-state index contributed by atoms with van der Waals surface area (Å²) in [6.07, 6.45) is 1.32. The third kappa shape index (κ3) is 4.69. The van der Waals surface area contributed by atoms with E-state index in [-0.39, 0.29) is 16.8 Å². The molecule has 0 unspecified atom stereocenters.